The molecule has 0 saturated heterocycles. The summed E-state index contributed by atoms with van der Waals surface area (Å²) < 4.78 is 4.16. The number of benzene rings is 8. The van der Waals surface area contributed by atoms with Crippen LogP contribution in [-0.4, -0.2) is 10.1 Å². The SMILES string of the molecule is CC1=C(c2cccc3ccccc23)c2ccccc2[CH]1[Hf+2]([CH]1C(C)=C(c2cccc3ccccc23)c2ccccc21)=[Ge]([c]1ccccc1)[c]1ccccc1.[Cl-].[Cl-]. The van der Waals surface area contributed by atoms with Gasteiger partial charge in [0.1, 0.15) is 0 Å². The first-order valence-corrected chi connectivity index (χ1v) is 35.7. The number of allylic oxidation sites excluding steroid dienone is 2. The maximum Gasteiger partial charge on any atom is -1.00 e. The summed E-state index contributed by atoms with van der Waals surface area (Å²) in [6, 6.07) is 74.3. The van der Waals surface area contributed by atoms with E-state index in [1.54, 1.807) is 31.1 Å². The predicted octanol–water partition coefficient (Wildman–Crippen LogP) is 5.88. The van der Waals surface area contributed by atoms with E-state index < -0.39 is 28.4 Å². The molecule has 8 aromatic carbocycles. The van der Waals surface area contributed by atoms with Gasteiger partial charge in [-0.25, -0.2) is 0 Å². The largest absolute Gasteiger partial charge is 1.00 e. The smallest absolute Gasteiger partial charge is 1.00 e. The molecule has 0 spiro atoms. The molecular formula is C52H40Cl2GeHf. The molecule has 56 heavy (non-hydrogen) atoms. The zero-order chi connectivity index (χ0) is 36.2. The average Bonchev–Trinajstić information content (AvgIpc) is 3.69. The van der Waals surface area contributed by atoms with Crippen molar-refractivity contribution < 1.29 is 43.2 Å². The molecule has 2 unspecified atom stereocenters. The molecule has 10 rings (SSSR count). The van der Waals surface area contributed by atoms with Crippen molar-refractivity contribution >= 4 is 51.5 Å². The Balaban J connectivity index is 0.00000220. The van der Waals surface area contributed by atoms with Crippen molar-refractivity contribution in [3.05, 3.63) is 239 Å². The topological polar surface area (TPSA) is 0 Å². The molecule has 0 N–H and O–H groups in total. The van der Waals surface area contributed by atoms with E-state index >= 15 is 0 Å². The Morgan fingerprint density at radius 2 is 0.696 bits per heavy atom. The Labute approximate surface area is 351 Å². The maximum absolute atomic E-state index is 3.09. The minimum Gasteiger partial charge on any atom is -1.00 e. The first-order valence-electron chi connectivity index (χ1n) is 19.1. The van der Waals surface area contributed by atoms with E-state index in [1.165, 1.54) is 54.9 Å². The van der Waals surface area contributed by atoms with Crippen LogP contribution in [0.25, 0.3) is 32.7 Å². The first-order chi connectivity index (χ1) is 26.7. The maximum atomic E-state index is 2.52. The zero-order valence-corrected chi connectivity index (χ0v) is 38.6. The molecule has 2 atom stereocenters. The minimum absolute atomic E-state index is 0. The van der Waals surface area contributed by atoms with Gasteiger partial charge in [0.15, 0.2) is 0 Å². The normalized spacial score (nSPS) is 15.4. The van der Waals surface area contributed by atoms with Gasteiger partial charge in [0.2, 0.25) is 0 Å². The molecule has 0 aromatic heterocycles. The minimum atomic E-state index is -3.09. The molecule has 0 bridgehead atoms. The fourth-order valence-electron chi connectivity index (χ4n) is 9.70. The molecule has 2 aliphatic rings. The van der Waals surface area contributed by atoms with Crippen LogP contribution in [0, 0.1) is 0 Å². The third-order valence-electron chi connectivity index (χ3n) is 11.9. The second-order valence-electron chi connectivity index (χ2n) is 14.8. The molecule has 0 aliphatic heterocycles. The number of halogens is 2. The molecule has 8 aromatic rings. The second kappa shape index (κ2) is 16.3. The monoisotopic (exact) mass is 988 g/mol. The fraction of sp³-hybridized carbons (Fsp3) is 0.0769. The molecule has 0 fully saturated rings. The Hall–Kier alpha value is -4.25. The summed E-state index contributed by atoms with van der Waals surface area (Å²) in [5, 5.41) is 5.31. The third kappa shape index (κ3) is 6.42. The van der Waals surface area contributed by atoms with Gasteiger partial charge in [0.05, 0.1) is 0 Å². The van der Waals surface area contributed by atoms with Gasteiger partial charge in [-0.2, -0.15) is 0 Å². The van der Waals surface area contributed by atoms with Crippen LogP contribution in [-0.2, 0) is 18.3 Å². The van der Waals surface area contributed by atoms with Crippen molar-refractivity contribution in [3.63, 3.8) is 0 Å². The van der Waals surface area contributed by atoms with E-state index in [1.807, 2.05) is 0 Å². The van der Waals surface area contributed by atoms with Crippen LogP contribution in [0.3, 0.4) is 0 Å². The van der Waals surface area contributed by atoms with Crippen LogP contribution in [0.4, 0.5) is 0 Å². The summed E-state index contributed by atoms with van der Waals surface area (Å²) >= 11 is -3.09. The van der Waals surface area contributed by atoms with E-state index in [2.05, 4.69) is 208 Å². The van der Waals surface area contributed by atoms with Crippen molar-refractivity contribution in [2.45, 2.75) is 21.2 Å². The van der Waals surface area contributed by atoms with E-state index in [9.17, 15) is 0 Å². The average molecular weight is 987 g/mol. The molecule has 2 aliphatic carbocycles. The Morgan fingerprint density at radius 3 is 1.14 bits per heavy atom. The molecule has 270 valence electrons. The Morgan fingerprint density at radius 1 is 0.357 bits per heavy atom. The standard InChI is InChI=1S/2C20H15.C12H10Ge.2ClH.Hf/c2*1-14-13-16-8-3-5-11-18(16)20(14)19-12-6-9-15-7-2-4-10-17(15)19;1-3-7-11(8-4-1)13-12-9-5-2-6-10-12;;;/h2*2-13H,1H3;1-10H;2*1H;/q;;;;;+2/p-2. The van der Waals surface area contributed by atoms with Crippen LogP contribution in [0.15, 0.2) is 205 Å². The fourth-order valence-corrected chi connectivity index (χ4v) is 67.2. The van der Waals surface area contributed by atoms with Crippen molar-refractivity contribution in [1.82, 2.24) is 0 Å². The van der Waals surface area contributed by atoms with Gasteiger partial charge in [0, 0.05) is 0 Å². The van der Waals surface area contributed by atoms with Gasteiger partial charge in [-0.15, -0.1) is 0 Å². The summed E-state index contributed by atoms with van der Waals surface area (Å²) in [7, 11) is -2.18. The second-order valence-corrected chi connectivity index (χ2v) is 45.4. The predicted molar refractivity (Wildman–Crippen MR) is 228 cm³/mol. The van der Waals surface area contributed by atoms with E-state index in [-0.39, 0.29) is 24.8 Å². The summed E-state index contributed by atoms with van der Waals surface area (Å²) in [6.45, 7) is 5.04. The number of hydrogen-bond acceptors (Lipinski definition) is 0. The van der Waals surface area contributed by atoms with Gasteiger partial charge < -0.3 is 24.8 Å². The summed E-state index contributed by atoms with van der Waals surface area (Å²) in [5.41, 5.74) is 14.9. The van der Waals surface area contributed by atoms with Gasteiger partial charge in [-0.3, -0.25) is 0 Å². The van der Waals surface area contributed by atoms with Crippen LogP contribution in [0.5, 0.6) is 0 Å². The van der Waals surface area contributed by atoms with Gasteiger partial charge in [-0.05, 0) is 0 Å². The summed E-state index contributed by atoms with van der Waals surface area (Å²) in [5.74, 6) is 0. The Bertz CT molecular complexity index is 2650. The molecule has 0 nitrogen and oxygen atoms in total. The number of hydrogen-bond donors (Lipinski definition) is 0. The van der Waals surface area contributed by atoms with Crippen molar-refractivity contribution in [3.8, 4) is 0 Å². The molecule has 4 heteroatoms. The van der Waals surface area contributed by atoms with Gasteiger partial charge in [0.25, 0.3) is 0 Å². The van der Waals surface area contributed by atoms with Gasteiger partial charge in [-0.1, -0.05) is 0 Å². The van der Waals surface area contributed by atoms with E-state index in [4.69, 9.17) is 0 Å². The van der Waals surface area contributed by atoms with Crippen LogP contribution < -0.4 is 33.6 Å². The van der Waals surface area contributed by atoms with Gasteiger partial charge >= 0.3 is 330 Å². The first kappa shape index (κ1) is 38.6. The third-order valence-corrected chi connectivity index (χ3v) is 58.2. The summed E-state index contributed by atoms with van der Waals surface area (Å²) in [4.78, 5) is 0. The quantitative estimate of drug-likeness (QED) is 0.183. The molecule has 0 heterocycles. The van der Waals surface area contributed by atoms with E-state index in [0.29, 0.717) is 7.35 Å². The number of fused-ring (bicyclic) bond motifs is 4. The zero-order valence-electron chi connectivity index (χ0n) is 31.4. The Kier molecular flexibility index (Phi) is 11.3. The number of rotatable bonds is 6. The van der Waals surface area contributed by atoms with Crippen molar-refractivity contribution in [1.29, 1.82) is 0 Å². The van der Waals surface area contributed by atoms with Crippen LogP contribution in [0.1, 0.15) is 54.6 Å². The molecule has 0 saturated carbocycles. The van der Waals surface area contributed by atoms with Crippen molar-refractivity contribution in [2.75, 3.05) is 0 Å². The van der Waals surface area contributed by atoms with E-state index in [0.717, 1.165) is 0 Å². The van der Waals surface area contributed by atoms with Crippen molar-refractivity contribution in [2.24, 2.45) is 0 Å². The molecule has 0 amide bonds. The molecule has 0 radical (unpaired) electrons. The summed E-state index contributed by atoms with van der Waals surface area (Å²) in [6.07, 6.45) is 0. The molecular weight excluding hydrogens is 947 g/mol. The van der Waals surface area contributed by atoms with Crippen LogP contribution in [0.2, 0.25) is 0 Å². The van der Waals surface area contributed by atoms with Crippen LogP contribution >= 0.6 is 0 Å².